The molecule has 0 radical (unpaired) electrons. The van der Waals surface area contributed by atoms with E-state index in [1.54, 1.807) is 0 Å². The van der Waals surface area contributed by atoms with Gasteiger partial charge in [-0.15, -0.1) is 0 Å². The summed E-state index contributed by atoms with van der Waals surface area (Å²) in [6.45, 7) is 2.13. The lowest BCUT2D eigenvalue weighted by Gasteiger charge is -2.22. The van der Waals surface area contributed by atoms with Gasteiger partial charge in [-0.2, -0.15) is 0 Å². The molecule has 1 atom stereocenters. The largest absolute Gasteiger partial charge is 0.309 e. The van der Waals surface area contributed by atoms with Gasteiger partial charge in [-0.05, 0) is 37.0 Å². The molecule has 102 valence electrons. The zero-order chi connectivity index (χ0) is 13.9. The number of rotatable bonds is 3. The van der Waals surface area contributed by atoms with E-state index in [4.69, 9.17) is 0 Å². The Morgan fingerprint density at radius 2 is 1.80 bits per heavy atom. The van der Waals surface area contributed by atoms with Crippen LogP contribution in [-0.2, 0) is 17.6 Å². The summed E-state index contributed by atoms with van der Waals surface area (Å²) in [5, 5.41) is 0. The highest BCUT2D eigenvalue weighted by atomic mass is 16.2. The third kappa shape index (κ3) is 2.46. The highest BCUT2D eigenvalue weighted by Crippen LogP contribution is 2.32. The number of fused-ring (bicyclic) bond motifs is 1. The average Bonchev–Trinajstić information content (AvgIpc) is 2.82. The van der Waals surface area contributed by atoms with E-state index in [1.807, 2.05) is 35.2 Å². The van der Waals surface area contributed by atoms with Crippen LogP contribution in [0.25, 0.3) is 0 Å². The lowest BCUT2D eigenvalue weighted by molar-refractivity contribution is -0.118. The summed E-state index contributed by atoms with van der Waals surface area (Å²) < 4.78 is 0. The predicted octanol–water partition coefficient (Wildman–Crippen LogP) is 3.60. The van der Waals surface area contributed by atoms with E-state index in [-0.39, 0.29) is 11.9 Å². The van der Waals surface area contributed by atoms with Gasteiger partial charge < -0.3 is 4.90 Å². The van der Waals surface area contributed by atoms with E-state index in [9.17, 15) is 4.79 Å². The lowest BCUT2D eigenvalue weighted by atomic mass is 10.1. The quantitative estimate of drug-likeness (QED) is 0.830. The van der Waals surface area contributed by atoms with Crippen LogP contribution in [0.3, 0.4) is 0 Å². The highest BCUT2D eigenvalue weighted by Gasteiger charge is 2.29. The molecule has 1 aliphatic rings. The first-order valence-electron chi connectivity index (χ1n) is 7.19. The van der Waals surface area contributed by atoms with Gasteiger partial charge in [0, 0.05) is 18.2 Å². The molecular weight excluding hydrogens is 246 g/mol. The molecule has 0 spiro atoms. The molecular formula is C18H19NO. The van der Waals surface area contributed by atoms with E-state index < -0.39 is 0 Å². The van der Waals surface area contributed by atoms with Crippen molar-refractivity contribution in [1.82, 2.24) is 0 Å². The van der Waals surface area contributed by atoms with Gasteiger partial charge >= 0.3 is 0 Å². The molecule has 2 nitrogen and oxygen atoms in total. The molecule has 0 aliphatic carbocycles. The summed E-state index contributed by atoms with van der Waals surface area (Å²) in [6.07, 6.45) is 2.35. The van der Waals surface area contributed by atoms with Crippen LogP contribution >= 0.6 is 0 Å². The van der Waals surface area contributed by atoms with Crippen LogP contribution < -0.4 is 4.90 Å². The zero-order valence-electron chi connectivity index (χ0n) is 11.8. The van der Waals surface area contributed by atoms with E-state index >= 15 is 0 Å². The molecule has 2 aromatic rings. The van der Waals surface area contributed by atoms with Crippen molar-refractivity contribution in [1.29, 1.82) is 0 Å². The number of carbonyl (C=O) groups is 1. The second kappa shape index (κ2) is 5.49. The number of benzene rings is 2. The van der Waals surface area contributed by atoms with Crippen molar-refractivity contribution in [3.05, 3.63) is 65.7 Å². The first kappa shape index (κ1) is 12.9. The minimum absolute atomic E-state index is 0.228. The summed E-state index contributed by atoms with van der Waals surface area (Å²) in [4.78, 5) is 14.5. The van der Waals surface area contributed by atoms with Crippen molar-refractivity contribution in [3.8, 4) is 0 Å². The van der Waals surface area contributed by atoms with Gasteiger partial charge in [0.15, 0.2) is 0 Å². The summed E-state index contributed by atoms with van der Waals surface area (Å²) >= 11 is 0. The number of para-hydroxylation sites is 1. The van der Waals surface area contributed by atoms with Crippen LogP contribution in [0.4, 0.5) is 5.69 Å². The Morgan fingerprint density at radius 3 is 2.60 bits per heavy atom. The van der Waals surface area contributed by atoms with E-state index in [0.29, 0.717) is 6.42 Å². The molecule has 0 saturated carbocycles. The van der Waals surface area contributed by atoms with Crippen LogP contribution in [0.15, 0.2) is 54.6 Å². The molecule has 0 N–H and O–H groups in total. The third-order valence-corrected chi connectivity index (χ3v) is 3.95. The molecule has 3 rings (SSSR count). The van der Waals surface area contributed by atoms with Crippen LogP contribution in [0, 0.1) is 0 Å². The number of nitrogens with zero attached hydrogens (tertiary/aromatic N) is 1. The highest BCUT2D eigenvalue weighted by molar-refractivity contribution is 5.96. The smallest absolute Gasteiger partial charge is 0.227 e. The van der Waals surface area contributed by atoms with Crippen LogP contribution in [0.2, 0.25) is 0 Å². The first-order valence-corrected chi connectivity index (χ1v) is 7.19. The number of carbonyl (C=O) groups excluding carboxylic acids is 1. The van der Waals surface area contributed by atoms with Crippen molar-refractivity contribution < 1.29 is 4.79 Å². The van der Waals surface area contributed by atoms with Gasteiger partial charge in [0.2, 0.25) is 5.91 Å². The Balaban J connectivity index is 1.71. The average molecular weight is 265 g/mol. The molecule has 2 aromatic carbocycles. The van der Waals surface area contributed by atoms with Crippen molar-refractivity contribution in [2.24, 2.45) is 0 Å². The van der Waals surface area contributed by atoms with Gasteiger partial charge in [-0.25, -0.2) is 0 Å². The molecule has 20 heavy (non-hydrogen) atoms. The zero-order valence-corrected chi connectivity index (χ0v) is 11.8. The molecule has 1 aliphatic heterocycles. The third-order valence-electron chi connectivity index (χ3n) is 3.95. The Morgan fingerprint density at radius 1 is 1.10 bits per heavy atom. The molecule has 2 heteroatoms. The fraction of sp³-hybridized carbons (Fsp3) is 0.278. The van der Waals surface area contributed by atoms with Gasteiger partial charge in [0.25, 0.3) is 0 Å². The fourth-order valence-corrected chi connectivity index (χ4v) is 2.96. The monoisotopic (exact) mass is 265 g/mol. The summed E-state index contributed by atoms with van der Waals surface area (Å²) in [5.74, 6) is 0.228. The topological polar surface area (TPSA) is 20.3 Å². The SMILES string of the molecule is C[C@@H]1Cc2ccccc2N1C(=O)CCc1ccccc1. The van der Waals surface area contributed by atoms with Crippen molar-refractivity contribution in [2.45, 2.75) is 32.2 Å². The van der Waals surface area contributed by atoms with Crippen molar-refractivity contribution >= 4 is 11.6 Å². The van der Waals surface area contributed by atoms with Crippen molar-refractivity contribution in [2.75, 3.05) is 4.90 Å². The molecule has 0 bridgehead atoms. The van der Waals surface area contributed by atoms with E-state index in [1.165, 1.54) is 11.1 Å². The Labute approximate surface area is 120 Å². The number of anilines is 1. The minimum atomic E-state index is 0.228. The van der Waals surface area contributed by atoms with E-state index in [2.05, 4.69) is 31.2 Å². The normalized spacial score (nSPS) is 17.1. The van der Waals surface area contributed by atoms with Crippen LogP contribution in [0.5, 0.6) is 0 Å². The van der Waals surface area contributed by atoms with E-state index in [0.717, 1.165) is 18.5 Å². The minimum Gasteiger partial charge on any atom is -0.309 e. The Kier molecular flexibility index (Phi) is 3.55. The van der Waals surface area contributed by atoms with Gasteiger partial charge in [0.1, 0.15) is 0 Å². The second-order valence-electron chi connectivity index (χ2n) is 5.43. The molecule has 0 fully saturated rings. The molecule has 0 unspecified atom stereocenters. The van der Waals surface area contributed by atoms with Crippen LogP contribution in [0.1, 0.15) is 24.5 Å². The molecule has 0 aromatic heterocycles. The predicted molar refractivity (Wildman–Crippen MR) is 81.9 cm³/mol. The maximum Gasteiger partial charge on any atom is 0.227 e. The number of hydrogen-bond acceptors (Lipinski definition) is 1. The Bertz CT molecular complexity index is 606. The first-order chi connectivity index (χ1) is 9.75. The maximum absolute atomic E-state index is 12.5. The van der Waals surface area contributed by atoms with Crippen molar-refractivity contribution in [3.63, 3.8) is 0 Å². The van der Waals surface area contributed by atoms with Gasteiger partial charge in [0.05, 0.1) is 0 Å². The van der Waals surface area contributed by atoms with Gasteiger partial charge in [-0.3, -0.25) is 4.79 Å². The maximum atomic E-state index is 12.5. The summed E-state index contributed by atoms with van der Waals surface area (Å²) in [5.41, 5.74) is 3.60. The molecule has 0 saturated heterocycles. The Hall–Kier alpha value is -2.09. The summed E-state index contributed by atoms with van der Waals surface area (Å²) in [6, 6.07) is 18.7. The second-order valence-corrected chi connectivity index (χ2v) is 5.43. The molecule has 1 heterocycles. The molecule has 1 amide bonds. The number of hydrogen-bond donors (Lipinski definition) is 0. The lowest BCUT2D eigenvalue weighted by Crippen LogP contribution is -2.35. The number of amides is 1. The number of aryl methyl sites for hydroxylation is 1. The standard InChI is InChI=1S/C18H19NO/c1-14-13-16-9-5-6-10-17(16)19(14)18(20)12-11-15-7-3-2-4-8-15/h2-10,14H,11-13H2,1H3/t14-/m1/s1. The van der Waals surface area contributed by atoms with Gasteiger partial charge in [-0.1, -0.05) is 48.5 Å². The van der Waals surface area contributed by atoms with Crippen LogP contribution in [-0.4, -0.2) is 11.9 Å². The summed E-state index contributed by atoms with van der Waals surface area (Å²) in [7, 11) is 0. The fourth-order valence-electron chi connectivity index (χ4n) is 2.96.